The molecule has 0 amide bonds. The molecule has 0 saturated heterocycles. The van der Waals surface area contributed by atoms with Gasteiger partial charge in [0.2, 0.25) is 0 Å². The Balaban J connectivity index is 1.67. The molecule has 0 bridgehead atoms. The predicted octanol–water partition coefficient (Wildman–Crippen LogP) is 3.64. The van der Waals surface area contributed by atoms with Crippen LogP contribution in [0.15, 0.2) is 42.6 Å². The Morgan fingerprint density at radius 2 is 2.05 bits per heavy atom. The average molecular weight is 299 g/mol. The number of likely N-dealkylation sites (N-methyl/N-ethyl adjacent to an activating group) is 1. The molecule has 1 aromatic carbocycles. The maximum absolute atomic E-state index is 5.80. The zero-order valence-electron chi connectivity index (χ0n) is 11.9. The lowest BCUT2D eigenvalue weighted by Crippen LogP contribution is -2.15. The fourth-order valence-corrected chi connectivity index (χ4v) is 2.82. The molecular weight excluding hydrogens is 282 g/mol. The van der Waals surface area contributed by atoms with E-state index in [1.165, 1.54) is 16.9 Å². The van der Waals surface area contributed by atoms with Crippen LogP contribution in [0.5, 0.6) is 10.9 Å². The lowest BCUT2D eigenvalue weighted by atomic mass is 10.1. The summed E-state index contributed by atoms with van der Waals surface area (Å²) in [6.45, 7) is 4.12. The number of benzene rings is 1. The minimum absolute atomic E-state index is 0.629. The summed E-state index contributed by atoms with van der Waals surface area (Å²) in [5, 5.41) is 3.95. The summed E-state index contributed by atoms with van der Waals surface area (Å²) in [5.74, 6) is 0.807. The number of hydrogen-bond acceptors (Lipinski definition) is 5. The van der Waals surface area contributed by atoms with Crippen LogP contribution in [0.25, 0.3) is 10.3 Å². The number of nitrogens with zero attached hydrogens (tertiary/aromatic N) is 2. The van der Waals surface area contributed by atoms with E-state index in [2.05, 4.69) is 34.3 Å². The van der Waals surface area contributed by atoms with E-state index in [9.17, 15) is 0 Å². The van der Waals surface area contributed by atoms with Crippen molar-refractivity contribution < 1.29 is 4.74 Å². The highest BCUT2D eigenvalue weighted by molar-refractivity contribution is 7.20. The highest BCUT2D eigenvalue weighted by Crippen LogP contribution is 2.30. The third-order valence-electron chi connectivity index (χ3n) is 3.11. The number of hydrogen-bond donors (Lipinski definition) is 1. The summed E-state index contributed by atoms with van der Waals surface area (Å²) < 4.78 is 6.83. The first-order chi connectivity index (χ1) is 10.3. The molecule has 0 atom stereocenters. The monoisotopic (exact) mass is 299 g/mol. The van der Waals surface area contributed by atoms with Crippen molar-refractivity contribution in [2.75, 3.05) is 13.1 Å². The largest absolute Gasteiger partial charge is 0.431 e. The van der Waals surface area contributed by atoms with E-state index < -0.39 is 0 Å². The maximum Gasteiger partial charge on any atom is 0.281 e. The second-order valence-electron chi connectivity index (χ2n) is 4.65. The van der Waals surface area contributed by atoms with E-state index in [4.69, 9.17) is 4.74 Å². The predicted molar refractivity (Wildman–Crippen MR) is 86.2 cm³/mol. The Hall–Kier alpha value is -1.98. The molecule has 0 aliphatic rings. The number of fused-ring (bicyclic) bond motifs is 1. The molecule has 0 radical (unpaired) electrons. The van der Waals surface area contributed by atoms with Crippen LogP contribution in [-0.4, -0.2) is 23.1 Å². The summed E-state index contributed by atoms with van der Waals surface area (Å²) in [6.07, 6.45) is 2.77. The molecule has 2 aromatic heterocycles. The quantitative estimate of drug-likeness (QED) is 0.706. The fourth-order valence-electron chi connectivity index (χ4n) is 2.03. The van der Waals surface area contributed by atoms with Crippen molar-refractivity contribution in [3.8, 4) is 10.9 Å². The number of pyridine rings is 1. The molecule has 0 aliphatic heterocycles. The summed E-state index contributed by atoms with van der Waals surface area (Å²) in [4.78, 5) is 8.58. The highest BCUT2D eigenvalue weighted by Gasteiger charge is 2.06. The van der Waals surface area contributed by atoms with E-state index in [1.54, 1.807) is 6.20 Å². The van der Waals surface area contributed by atoms with Crippen molar-refractivity contribution in [1.82, 2.24) is 15.3 Å². The van der Waals surface area contributed by atoms with Gasteiger partial charge in [0.05, 0.1) is 4.70 Å². The number of aromatic nitrogens is 2. The molecule has 0 aliphatic carbocycles. The molecule has 21 heavy (non-hydrogen) atoms. The van der Waals surface area contributed by atoms with Gasteiger partial charge in [-0.2, -0.15) is 4.98 Å². The Labute approximate surface area is 127 Å². The van der Waals surface area contributed by atoms with Crippen LogP contribution in [0.4, 0.5) is 0 Å². The Morgan fingerprint density at radius 3 is 2.81 bits per heavy atom. The van der Waals surface area contributed by atoms with E-state index in [0.717, 1.165) is 35.6 Å². The third-order valence-corrected chi connectivity index (χ3v) is 4.00. The van der Waals surface area contributed by atoms with Gasteiger partial charge in [0, 0.05) is 6.20 Å². The molecule has 0 fully saturated rings. The van der Waals surface area contributed by atoms with Crippen molar-refractivity contribution >= 4 is 21.7 Å². The van der Waals surface area contributed by atoms with E-state index in [-0.39, 0.29) is 0 Å². The van der Waals surface area contributed by atoms with Crippen molar-refractivity contribution in [1.29, 1.82) is 0 Å². The van der Waals surface area contributed by atoms with Gasteiger partial charge < -0.3 is 10.1 Å². The molecule has 108 valence electrons. The first-order valence-corrected chi connectivity index (χ1v) is 7.86. The van der Waals surface area contributed by atoms with Crippen LogP contribution in [0.3, 0.4) is 0 Å². The average Bonchev–Trinajstić information content (AvgIpc) is 2.91. The van der Waals surface area contributed by atoms with Crippen LogP contribution in [0.2, 0.25) is 0 Å². The van der Waals surface area contributed by atoms with E-state index in [1.807, 2.05) is 24.3 Å². The minimum atomic E-state index is 0.629. The Bertz CT molecular complexity index is 676. The molecule has 4 nitrogen and oxygen atoms in total. The molecule has 1 N–H and O–H groups in total. The molecule has 0 spiro atoms. The van der Waals surface area contributed by atoms with Gasteiger partial charge in [-0.05, 0) is 49.3 Å². The van der Waals surface area contributed by atoms with Gasteiger partial charge in [-0.1, -0.05) is 30.4 Å². The SMILES string of the molecule is CCNCCc1ccc(Oc2nc3ncccc3s2)cc1. The number of thiazole rings is 1. The molecule has 3 rings (SSSR count). The molecule has 2 heterocycles. The lowest BCUT2D eigenvalue weighted by Gasteiger charge is -2.04. The molecular formula is C16H17N3OS. The zero-order valence-corrected chi connectivity index (χ0v) is 12.7. The fraction of sp³-hybridized carbons (Fsp3) is 0.250. The molecule has 0 unspecified atom stereocenters. The van der Waals surface area contributed by atoms with Gasteiger partial charge in [-0.25, -0.2) is 4.98 Å². The van der Waals surface area contributed by atoms with Crippen LogP contribution in [0.1, 0.15) is 12.5 Å². The van der Waals surface area contributed by atoms with Crippen LogP contribution >= 0.6 is 11.3 Å². The van der Waals surface area contributed by atoms with Gasteiger partial charge in [0.15, 0.2) is 5.65 Å². The maximum atomic E-state index is 5.80. The Morgan fingerprint density at radius 1 is 1.19 bits per heavy atom. The Kier molecular flexibility index (Phi) is 4.43. The van der Waals surface area contributed by atoms with E-state index >= 15 is 0 Å². The van der Waals surface area contributed by atoms with E-state index in [0.29, 0.717) is 5.19 Å². The number of nitrogens with one attached hydrogen (secondary N) is 1. The first-order valence-electron chi connectivity index (χ1n) is 7.04. The zero-order chi connectivity index (χ0) is 14.5. The third kappa shape index (κ3) is 3.56. The highest BCUT2D eigenvalue weighted by atomic mass is 32.1. The van der Waals surface area contributed by atoms with Crippen LogP contribution < -0.4 is 10.1 Å². The second-order valence-corrected chi connectivity index (χ2v) is 5.65. The van der Waals surface area contributed by atoms with Gasteiger partial charge in [-0.3, -0.25) is 0 Å². The number of ether oxygens (including phenoxy) is 1. The number of rotatable bonds is 6. The first kappa shape index (κ1) is 14.0. The van der Waals surface area contributed by atoms with Gasteiger partial charge in [0.1, 0.15) is 5.75 Å². The topological polar surface area (TPSA) is 47.0 Å². The summed E-state index contributed by atoms with van der Waals surface area (Å²) in [5.41, 5.74) is 2.04. The van der Waals surface area contributed by atoms with Crippen molar-refractivity contribution in [2.24, 2.45) is 0 Å². The van der Waals surface area contributed by atoms with Crippen molar-refractivity contribution in [3.05, 3.63) is 48.2 Å². The molecule has 3 aromatic rings. The summed E-state index contributed by atoms with van der Waals surface area (Å²) in [7, 11) is 0. The minimum Gasteiger partial charge on any atom is -0.431 e. The van der Waals surface area contributed by atoms with Gasteiger partial charge in [0.25, 0.3) is 5.19 Å². The smallest absolute Gasteiger partial charge is 0.281 e. The lowest BCUT2D eigenvalue weighted by molar-refractivity contribution is 0.479. The summed E-state index contributed by atoms with van der Waals surface area (Å²) in [6, 6.07) is 12.1. The van der Waals surface area contributed by atoms with Crippen LogP contribution in [-0.2, 0) is 6.42 Å². The van der Waals surface area contributed by atoms with Gasteiger partial charge in [-0.15, -0.1) is 0 Å². The molecule has 0 saturated carbocycles. The molecule has 5 heteroatoms. The van der Waals surface area contributed by atoms with Gasteiger partial charge >= 0.3 is 0 Å². The normalized spacial score (nSPS) is 10.9. The van der Waals surface area contributed by atoms with Crippen molar-refractivity contribution in [2.45, 2.75) is 13.3 Å². The van der Waals surface area contributed by atoms with Crippen LogP contribution in [0, 0.1) is 0 Å². The van der Waals surface area contributed by atoms with Crippen molar-refractivity contribution in [3.63, 3.8) is 0 Å². The second kappa shape index (κ2) is 6.65. The summed E-state index contributed by atoms with van der Waals surface area (Å²) >= 11 is 1.51. The standard InChI is InChI=1S/C16H17N3OS/c1-2-17-11-9-12-5-7-13(8-6-12)20-16-19-15-14(21-16)4-3-10-18-15/h3-8,10,17H,2,9,11H2,1H3.